The highest BCUT2D eigenvalue weighted by molar-refractivity contribution is 5.42. The highest BCUT2D eigenvalue weighted by Crippen LogP contribution is 2.32. The van der Waals surface area contributed by atoms with E-state index < -0.39 is 0 Å². The monoisotopic (exact) mass is 212 g/mol. The van der Waals surface area contributed by atoms with Crippen LogP contribution in [0.4, 0.5) is 0 Å². The van der Waals surface area contributed by atoms with Crippen LogP contribution in [0, 0.1) is 0 Å². The maximum absolute atomic E-state index is 4.36. The summed E-state index contributed by atoms with van der Waals surface area (Å²) in [5.41, 5.74) is 5.71. The van der Waals surface area contributed by atoms with Gasteiger partial charge in [0.1, 0.15) is 0 Å². The number of aromatic amines is 1. The van der Waals surface area contributed by atoms with Gasteiger partial charge in [-0.1, -0.05) is 25.1 Å². The van der Waals surface area contributed by atoms with Crippen LogP contribution in [0.1, 0.15) is 41.6 Å². The molecule has 1 aromatic heterocycles. The second-order valence-corrected chi connectivity index (χ2v) is 4.55. The fourth-order valence-corrected chi connectivity index (χ4v) is 2.72. The number of H-pyrrole nitrogens is 1. The summed E-state index contributed by atoms with van der Waals surface area (Å²) >= 11 is 0. The van der Waals surface area contributed by atoms with Gasteiger partial charge >= 0.3 is 0 Å². The van der Waals surface area contributed by atoms with Gasteiger partial charge in [0, 0.05) is 12.1 Å². The van der Waals surface area contributed by atoms with E-state index in [2.05, 4.69) is 35.1 Å². The van der Waals surface area contributed by atoms with Gasteiger partial charge in [-0.3, -0.25) is 0 Å². The third kappa shape index (κ3) is 1.45. The second kappa shape index (κ2) is 3.78. The van der Waals surface area contributed by atoms with Crippen molar-refractivity contribution in [3.8, 4) is 0 Å². The summed E-state index contributed by atoms with van der Waals surface area (Å²) in [7, 11) is 0. The molecule has 0 amide bonds. The quantitative estimate of drug-likeness (QED) is 0.814. The lowest BCUT2D eigenvalue weighted by molar-refractivity contribution is 0.853. The van der Waals surface area contributed by atoms with Gasteiger partial charge in [-0.15, -0.1) is 0 Å². The van der Waals surface area contributed by atoms with Crippen LogP contribution in [-0.4, -0.2) is 9.97 Å². The van der Waals surface area contributed by atoms with E-state index in [4.69, 9.17) is 0 Å². The molecule has 1 aliphatic rings. The molecule has 1 aliphatic carbocycles. The summed E-state index contributed by atoms with van der Waals surface area (Å²) in [5, 5.41) is 0. The molecule has 2 heteroatoms. The molecule has 0 spiro atoms. The predicted octanol–water partition coefficient (Wildman–Crippen LogP) is 3.05. The van der Waals surface area contributed by atoms with E-state index in [1.807, 2.05) is 6.20 Å². The van der Waals surface area contributed by atoms with E-state index in [1.54, 1.807) is 17.5 Å². The van der Waals surface area contributed by atoms with Gasteiger partial charge in [-0.25, -0.2) is 4.98 Å². The van der Waals surface area contributed by atoms with Gasteiger partial charge in [0.25, 0.3) is 0 Å². The molecule has 3 rings (SSSR count). The third-order valence-electron chi connectivity index (χ3n) is 3.61. The fourth-order valence-electron chi connectivity index (χ4n) is 2.72. The van der Waals surface area contributed by atoms with Crippen molar-refractivity contribution >= 4 is 0 Å². The molecule has 2 nitrogen and oxygen atoms in total. The molecule has 0 aliphatic heterocycles. The predicted molar refractivity (Wildman–Crippen MR) is 64.6 cm³/mol. The Morgan fingerprint density at radius 2 is 2.25 bits per heavy atom. The Hall–Kier alpha value is -1.57. The summed E-state index contributed by atoms with van der Waals surface area (Å²) < 4.78 is 0. The number of aromatic nitrogens is 2. The topological polar surface area (TPSA) is 28.7 Å². The lowest BCUT2D eigenvalue weighted by atomic mass is 9.91. The average molecular weight is 212 g/mol. The Morgan fingerprint density at radius 1 is 1.31 bits per heavy atom. The lowest BCUT2D eigenvalue weighted by Gasteiger charge is -2.14. The van der Waals surface area contributed by atoms with Gasteiger partial charge < -0.3 is 4.98 Å². The Bertz CT molecular complexity index is 485. The summed E-state index contributed by atoms with van der Waals surface area (Å²) in [5.74, 6) is 0.402. The van der Waals surface area contributed by atoms with Crippen LogP contribution in [0.15, 0.2) is 30.7 Å². The summed E-state index contributed by atoms with van der Waals surface area (Å²) in [6.45, 7) is 2.24. The average Bonchev–Trinajstić information content (AvgIpc) is 2.98. The van der Waals surface area contributed by atoms with Crippen molar-refractivity contribution in [3.63, 3.8) is 0 Å². The van der Waals surface area contributed by atoms with E-state index >= 15 is 0 Å². The zero-order valence-corrected chi connectivity index (χ0v) is 9.53. The van der Waals surface area contributed by atoms with Crippen LogP contribution in [0.2, 0.25) is 0 Å². The van der Waals surface area contributed by atoms with Crippen LogP contribution in [0.5, 0.6) is 0 Å². The van der Waals surface area contributed by atoms with Gasteiger partial charge in [-0.05, 0) is 36.0 Å². The molecule has 0 bridgehead atoms. The first kappa shape index (κ1) is 9.64. The smallest absolute Gasteiger partial charge is 0.0923 e. The minimum Gasteiger partial charge on any atom is -0.351 e. The van der Waals surface area contributed by atoms with E-state index in [0.717, 1.165) is 5.69 Å². The van der Waals surface area contributed by atoms with Crippen molar-refractivity contribution in [1.82, 2.24) is 9.97 Å². The highest BCUT2D eigenvalue weighted by Gasteiger charge is 2.19. The zero-order chi connectivity index (χ0) is 11.0. The van der Waals surface area contributed by atoms with Gasteiger partial charge in [0.2, 0.25) is 0 Å². The molecule has 2 aromatic rings. The Morgan fingerprint density at radius 3 is 3.06 bits per heavy atom. The van der Waals surface area contributed by atoms with Crippen LogP contribution >= 0.6 is 0 Å². The molecule has 0 unspecified atom stereocenters. The summed E-state index contributed by atoms with van der Waals surface area (Å²) in [6, 6.07) is 6.70. The number of hydrogen-bond donors (Lipinski definition) is 1. The number of aryl methyl sites for hydroxylation is 1. The SMILES string of the molecule is C[C@H](c1c[nH]cn1)c1cccc2c1CCC2. The Balaban J connectivity index is 2.04. The summed E-state index contributed by atoms with van der Waals surface area (Å²) in [6.07, 6.45) is 7.55. The molecule has 1 aromatic carbocycles. The van der Waals surface area contributed by atoms with Gasteiger partial charge in [-0.2, -0.15) is 0 Å². The normalized spacial score (nSPS) is 16.1. The zero-order valence-electron chi connectivity index (χ0n) is 9.53. The number of rotatable bonds is 2. The molecular weight excluding hydrogens is 196 g/mol. The van der Waals surface area contributed by atoms with E-state index in [-0.39, 0.29) is 0 Å². The Kier molecular flexibility index (Phi) is 2.28. The summed E-state index contributed by atoms with van der Waals surface area (Å²) in [4.78, 5) is 7.40. The van der Waals surface area contributed by atoms with Crippen molar-refractivity contribution in [1.29, 1.82) is 0 Å². The van der Waals surface area contributed by atoms with E-state index in [1.165, 1.54) is 24.8 Å². The molecule has 0 radical (unpaired) electrons. The van der Waals surface area contributed by atoms with Crippen LogP contribution in [0.25, 0.3) is 0 Å². The van der Waals surface area contributed by atoms with Crippen LogP contribution < -0.4 is 0 Å². The molecule has 16 heavy (non-hydrogen) atoms. The lowest BCUT2D eigenvalue weighted by Crippen LogP contribution is -2.01. The molecule has 0 saturated carbocycles. The highest BCUT2D eigenvalue weighted by atomic mass is 14.9. The van der Waals surface area contributed by atoms with Crippen molar-refractivity contribution < 1.29 is 0 Å². The number of benzene rings is 1. The minimum atomic E-state index is 0.402. The number of imidazole rings is 1. The van der Waals surface area contributed by atoms with Gasteiger partial charge in [0.05, 0.1) is 12.0 Å². The third-order valence-corrected chi connectivity index (χ3v) is 3.61. The van der Waals surface area contributed by atoms with E-state index in [0.29, 0.717) is 5.92 Å². The molecule has 0 saturated heterocycles. The maximum atomic E-state index is 4.36. The molecule has 1 N–H and O–H groups in total. The molecular formula is C14H16N2. The molecule has 0 fully saturated rings. The standard InChI is InChI=1S/C14H16N2/c1-10(14-8-15-9-16-14)12-6-2-4-11-5-3-7-13(11)12/h2,4,6,8-10H,3,5,7H2,1H3,(H,15,16)/t10-/m0/s1. The number of fused-ring (bicyclic) bond motifs is 1. The number of hydrogen-bond acceptors (Lipinski definition) is 1. The number of nitrogens with one attached hydrogen (secondary N) is 1. The Labute approximate surface area is 95.7 Å². The van der Waals surface area contributed by atoms with Crippen LogP contribution in [-0.2, 0) is 12.8 Å². The first-order valence-electron chi connectivity index (χ1n) is 5.95. The molecule has 1 atom stereocenters. The molecule has 82 valence electrons. The second-order valence-electron chi connectivity index (χ2n) is 4.55. The minimum absolute atomic E-state index is 0.402. The van der Waals surface area contributed by atoms with Crippen molar-refractivity contribution in [2.75, 3.05) is 0 Å². The van der Waals surface area contributed by atoms with Crippen molar-refractivity contribution in [2.45, 2.75) is 32.1 Å². The maximum Gasteiger partial charge on any atom is 0.0923 e. The van der Waals surface area contributed by atoms with Crippen molar-refractivity contribution in [2.24, 2.45) is 0 Å². The van der Waals surface area contributed by atoms with Crippen LogP contribution in [0.3, 0.4) is 0 Å². The fraction of sp³-hybridized carbons (Fsp3) is 0.357. The largest absolute Gasteiger partial charge is 0.351 e. The van der Waals surface area contributed by atoms with E-state index in [9.17, 15) is 0 Å². The first-order chi connectivity index (χ1) is 7.86. The first-order valence-corrected chi connectivity index (χ1v) is 5.95. The number of nitrogens with zero attached hydrogens (tertiary/aromatic N) is 1. The van der Waals surface area contributed by atoms with Crippen molar-refractivity contribution in [3.05, 3.63) is 53.1 Å². The van der Waals surface area contributed by atoms with Gasteiger partial charge in [0.15, 0.2) is 0 Å². The molecule has 1 heterocycles.